The van der Waals surface area contributed by atoms with Crippen LogP contribution in [0, 0.1) is 6.92 Å². The van der Waals surface area contributed by atoms with Gasteiger partial charge in [0.05, 0.1) is 5.69 Å². The molecule has 0 aliphatic rings. The normalized spacial score (nSPS) is 10.5. The highest BCUT2D eigenvalue weighted by molar-refractivity contribution is 9.10. The molecule has 0 aliphatic carbocycles. The fraction of sp³-hybridized carbons (Fsp3) is 0.0588. The van der Waals surface area contributed by atoms with Crippen molar-refractivity contribution in [3.8, 4) is 11.6 Å². The van der Waals surface area contributed by atoms with Gasteiger partial charge < -0.3 is 15.8 Å². The summed E-state index contributed by atoms with van der Waals surface area (Å²) >= 11 is 9.50. The molecular weight excluding hydrogens is 392 g/mol. The zero-order valence-electron chi connectivity index (χ0n) is 12.8. The lowest BCUT2D eigenvalue weighted by atomic mass is 10.2. The fourth-order valence-corrected chi connectivity index (χ4v) is 2.54. The SMILES string of the molecule is Cc1cc(Oc2ncnc(Nc3ccccc3Br)c2N)ccc1Cl. The summed E-state index contributed by atoms with van der Waals surface area (Å²) < 4.78 is 6.67. The number of aryl methyl sites for hydroxylation is 1. The Kier molecular flexibility index (Phi) is 4.87. The molecule has 3 rings (SSSR count). The number of nitrogens with two attached hydrogens (primary N) is 1. The van der Waals surface area contributed by atoms with Crippen molar-refractivity contribution >= 4 is 44.7 Å². The van der Waals surface area contributed by atoms with Crippen LogP contribution in [0.4, 0.5) is 17.2 Å². The standard InChI is InChI=1S/C17H14BrClN4O/c1-10-8-11(6-7-13(10)19)24-17-15(20)16(21-9-22-17)23-14-5-3-2-4-12(14)18/h2-9H,20H2,1H3,(H,21,22,23). The molecule has 0 saturated carbocycles. The number of nitrogens with one attached hydrogen (secondary N) is 1. The summed E-state index contributed by atoms with van der Waals surface area (Å²) in [6, 6.07) is 13.0. The Bertz CT molecular complexity index is 888. The van der Waals surface area contributed by atoms with Crippen LogP contribution in [0.15, 0.2) is 53.3 Å². The molecule has 0 spiro atoms. The molecule has 24 heavy (non-hydrogen) atoms. The van der Waals surface area contributed by atoms with Gasteiger partial charge in [-0.05, 0) is 58.7 Å². The largest absolute Gasteiger partial charge is 0.437 e. The molecule has 0 atom stereocenters. The van der Waals surface area contributed by atoms with E-state index in [1.54, 1.807) is 12.1 Å². The number of anilines is 3. The van der Waals surface area contributed by atoms with Gasteiger partial charge in [-0.1, -0.05) is 23.7 Å². The molecule has 2 aromatic carbocycles. The van der Waals surface area contributed by atoms with Gasteiger partial charge in [-0.15, -0.1) is 0 Å². The Morgan fingerprint density at radius 2 is 1.96 bits per heavy atom. The molecule has 0 radical (unpaired) electrons. The maximum Gasteiger partial charge on any atom is 0.248 e. The molecule has 1 aromatic heterocycles. The number of rotatable bonds is 4. The van der Waals surface area contributed by atoms with Gasteiger partial charge in [0, 0.05) is 9.50 Å². The van der Waals surface area contributed by atoms with Crippen LogP contribution in [0.25, 0.3) is 0 Å². The first-order valence-electron chi connectivity index (χ1n) is 7.10. The predicted octanol–water partition coefficient (Wildman–Crippen LogP) is 5.32. The monoisotopic (exact) mass is 404 g/mol. The highest BCUT2D eigenvalue weighted by Gasteiger charge is 2.12. The zero-order chi connectivity index (χ0) is 17.1. The minimum absolute atomic E-state index is 0.279. The lowest BCUT2D eigenvalue weighted by molar-refractivity contribution is 0.464. The third-order valence-corrected chi connectivity index (χ3v) is 4.43. The quantitative estimate of drug-likeness (QED) is 0.614. The van der Waals surface area contributed by atoms with E-state index in [1.807, 2.05) is 37.3 Å². The molecule has 0 bridgehead atoms. The first kappa shape index (κ1) is 16.5. The van der Waals surface area contributed by atoms with E-state index >= 15 is 0 Å². The fourth-order valence-electron chi connectivity index (χ4n) is 2.04. The number of ether oxygens (including phenoxy) is 1. The molecule has 3 aromatic rings. The lowest BCUT2D eigenvalue weighted by Gasteiger charge is -2.13. The highest BCUT2D eigenvalue weighted by Crippen LogP contribution is 2.33. The molecule has 0 saturated heterocycles. The van der Waals surface area contributed by atoms with Gasteiger partial charge in [0.25, 0.3) is 0 Å². The van der Waals surface area contributed by atoms with Crippen molar-refractivity contribution in [3.63, 3.8) is 0 Å². The van der Waals surface area contributed by atoms with E-state index in [0.29, 0.717) is 22.3 Å². The molecule has 122 valence electrons. The van der Waals surface area contributed by atoms with Gasteiger partial charge in [-0.3, -0.25) is 0 Å². The van der Waals surface area contributed by atoms with E-state index < -0.39 is 0 Å². The van der Waals surface area contributed by atoms with Crippen molar-refractivity contribution in [2.75, 3.05) is 11.1 Å². The van der Waals surface area contributed by atoms with E-state index in [-0.39, 0.29) is 5.88 Å². The summed E-state index contributed by atoms with van der Waals surface area (Å²) in [5.41, 5.74) is 8.22. The van der Waals surface area contributed by atoms with E-state index in [4.69, 9.17) is 22.1 Å². The Morgan fingerprint density at radius 3 is 2.71 bits per heavy atom. The number of para-hydroxylation sites is 1. The Hall–Kier alpha value is -2.31. The van der Waals surface area contributed by atoms with E-state index in [0.717, 1.165) is 15.7 Å². The van der Waals surface area contributed by atoms with Crippen LogP contribution >= 0.6 is 27.5 Å². The van der Waals surface area contributed by atoms with Crippen LogP contribution in [0.5, 0.6) is 11.6 Å². The van der Waals surface area contributed by atoms with Crippen LogP contribution in [0.3, 0.4) is 0 Å². The smallest absolute Gasteiger partial charge is 0.248 e. The number of halogens is 2. The number of aromatic nitrogens is 2. The third-order valence-electron chi connectivity index (χ3n) is 3.32. The summed E-state index contributed by atoms with van der Waals surface area (Å²) in [4.78, 5) is 8.29. The topological polar surface area (TPSA) is 73.1 Å². The molecule has 1 heterocycles. The zero-order valence-corrected chi connectivity index (χ0v) is 15.1. The molecular formula is C17H14BrClN4O. The summed E-state index contributed by atoms with van der Waals surface area (Å²) in [5.74, 6) is 1.35. The van der Waals surface area contributed by atoms with Crippen LogP contribution in [0.2, 0.25) is 5.02 Å². The molecule has 7 heteroatoms. The average molecular weight is 406 g/mol. The van der Waals surface area contributed by atoms with E-state index in [9.17, 15) is 0 Å². The summed E-state index contributed by atoms with van der Waals surface area (Å²) in [6.07, 6.45) is 1.40. The number of hydrogen-bond donors (Lipinski definition) is 2. The second-order valence-corrected chi connectivity index (χ2v) is 6.32. The van der Waals surface area contributed by atoms with E-state index in [2.05, 4.69) is 31.2 Å². The van der Waals surface area contributed by atoms with Gasteiger partial charge in [0.1, 0.15) is 17.8 Å². The van der Waals surface area contributed by atoms with Crippen molar-refractivity contribution < 1.29 is 4.74 Å². The molecule has 3 N–H and O–H groups in total. The van der Waals surface area contributed by atoms with Crippen LogP contribution < -0.4 is 15.8 Å². The van der Waals surface area contributed by atoms with Gasteiger partial charge >= 0.3 is 0 Å². The van der Waals surface area contributed by atoms with Crippen molar-refractivity contribution in [2.24, 2.45) is 0 Å². The average Bonchev–Trinajstić information content (AvgIpc) is 2.57. The molecule has 0 amide bonds. The summed E-state index contributed by atoms with van der Waals surface area (Å²) in [6.45, 7) is 1.90. The molecule has 0 aliphatic heterocycles. The van der Waals surface area contributed by atoms with Crippen molar-refractivity contribution in [1.29, 1.82) is 0 Å². The lowest BCUT2D eigenvalue weighted by Crippen LogP contribution is -2.03. The van der Waals surface area contributed by atoms with Crippen molar-refractivity contribution in [1.82, 2.24) is 9.97 Å². The number of nitrogen functional groups attached to an aromatic ring is 1. The molecule has 0 fully saturated rings. The van der Waals surface area contributed by atoms with E-state index in [1.165, 1.54) is 6.33 Å². The number of benzene rings is 2. The maximum absolute atomic E-state index is 6.14. The predicted molar refractivity (Wildman–Crippen MR) is 100 cm³/mol. The third kappa shape index (κ3) is 3.60. The summed E-state index contributed by atoms with van der Waals surface area (Å²) in [7, 11) is 0. The highest BCUT2D eigenvalue weighted by atomic mass is 79.9. The number of nitrogens with zero attached hydrogens (tertiary/aromatic N) is 2. The van der Waals surface area contributed by atoms with Gasteiger partial charge in [0.2, 0.25) is 5.88 Å². The Morgan fingerprint density at radius 1 is 1.17 bits per heavy atom. The first-order chi connectivity index (χ1) is 11.5. The van der Waals surface area contributed by atoms with Crippen molar-refractivity contribution in [2.45, 2.75) is 6.92 Å². The minimum atomic E-state index is 0.279. The summed E-state index contributed by atoms with van der Waals surface area (Å²) in [5, 5.41) is 3.84. The molecule has 5 nitrogen and oxygen atoms in total. The maximum atomic E-state index is 6.14. The Balaban J connectivity index is 1.88. The van der Waals surface area contributed by atoms with Crippen molar-refractivity contribution in [3.05, 3.63) is 63.9 Å². The van der Waals surface area contributed by atoms with Crippen LogP contribution in [0.1, 0.15) is 5.56 Å². The minimum Gasteiger partial charge on any atom is -0.437 e. The molecule has 0 unspecified atom stereocenters. The Labute approximate surface area is 153 Å². The van der Waals surface area contributed by atoms with Crippen LogP contribution in [-0.2, 0) is 0 Å². The second-order valence-electron chi connectivity index (χ2n) is 5.06. The van der Waals surface area contributed by atoms with Gasteiger partial charge in [-0.2, -0.15) is 4.98 Å². The second kappa shape index (κ2) is 7.07. The van der Waals surface area contributed by atoms with Gasteiger partial charge in [0.15, 0.2) is 5.82 Å². The van der Waals surface area contributed by atoms with Crippen LogP contribution in [-0.4, -0.2) is 9.97 Å². The number of hydrogen-bond acceptors (Lipinski definition) is 5. The van der Waals surface area contributed by atoms with Gasteiger partial charge in [-0.25, -0.2) is 4.98 Å². The first-order valence-corrected chi connectivity index (χ1v) is 8.27.